The van der Waals surface area contributed by atoms with E-state index in [0.717, 1.165) is 49.8 Å². The fourth-order valence-corrected chi connectivity index (χ4v) is 4.13. The zero-order valence-corrected chi connectivity index (χ0v) is 15.8. The summed E-state index contributed by atoms with van der Waals surface area (Å²) >= 11 is 0. The van der Waals surface area contributed by atoms with Gasteiger partial charge in [-0.3, -0.25) is 14.9 Å². The van der Waals surface area contributed by atoms with Crippen LogP contribution in [0.25, 0.3) is 0 Å². The number of hydrogen-bond donors (Lipinski definition) is 3. The molecule has 3 amide bonds. The van der Waals surface area contributed by atoms with Crippen LogP contribution in [0.4, 0.5) is 10.6 Å². The Hall–Kier alpha value is -2.09. The van der Waals surface area contributed by atoms with Crippen LogP contribution in [0.15, 0.2) is 0 Å². The molecule has 1 aromatic heterocycles. The first-order chi connectivity index (χ1) is 12.5. The van der Waals surface area contributed by atoms with Gasteiger partial charge in [-0.15, -0.1) is 0 Å². The van der Waals surface area contributed by atoms with E-state index in [4.69, 9.17) is 5.73 Å². The fraction of sp³-hybridized carbons (Fsp3) is 0.722. The normalized spacial score (nSPS) is 18.1. The van der Waals surface area contributed by atoms with Crippen LogP contribution in [0.1, 0.15) is 70.1 Å². The zero-order chi connectivity index (χ0) is 18.7. The molecule has 8 nitrogen and oxygen atoms in total. The lowest BCUT2D eigenvalue weighted by Crippen LogP contribution is -2.52. The Morgan fingerprint density at radius 3 is 2.58 bits per heavy atom. The lowest BCUT2D eigenvalue weighted by Gasteiger charge is -2.38. The summed E-state index contributed by atoms with van der Waals surface area (Å²) < 4.78 is 0. The van der Waals surface area contributed by atoms with Crippen LogP contribution in [0.3, 0.4) is 0 Å². The van der Waals surface area contributed by atoms with Gasteiger partial charge >= 0.3 is 6.03 Å². The third-order valence-corrected chi connectivity index (χ3v) is 5.68. The Kier molecular flexibility index (Phi) is 5.80. The number of anilines is 1. The molecule has 1 fully saturated rings. The molecule has 1 saturated carbocycles. The number of hydrazine groups is 1. The monoisotopic (exact) mass is 362 g/mol. The zero-order valence-electron chi connectivity index (χ0n) is 15.8. The van der Waals surface area contributed by atoms with Crippen LogP contribution in [0.2, 0.25) is 0 Å². The van der Waals surface area contributed by atoms with Crippen LogP contribution in [-0.4, -0.2) is 38.2 Å². The Morgan fingerprint density at radius 1 is 1.27 bits per heavy atom. The van der Waals surface area contributed by atoms with Gasteiger partial charge in [0.15, 0.2) is 5.82 Å². The number of nitrogens with two attached hydrogens (primary N) is 1. The molecule has 0 unspecified atom stereocenters. The number of urea groups is 1. The van der Waals surface area contributed by atoms with Gasteiger partial charge in [0.1, 0.15) is 0 Å². The minimum Gasteiger partial charge on any atom is -0.350 e. The third-order valence-electron chi connectivity index (χ3n) is 5.68. The molecular formula is C18H30N6O2. The number of rotatable bonds is 6. The van der Waals surface area contributed by atoms with E-state index in [1.807, 2.05) is 18.9 Å². The second-order valence-corrected chi connectivity index (χ2v) is 7.33. The van der Waals surface area contributed by atoms with Gasteiger partial charge in [0.25, 0.3) is 0 Å². The maximum absolute atomic E-state index is 12.4. The second kappa shape index (κ2) is 8.07. The number of nitrogens with one attached hydrogen (secondary N) is 2. The Bertz CT molecular complexity index is 648. The number of amides is 3. The van der Waals surface area contributed by atoms with Crippen molar-refractivity contribution in [2.75, 3.05) is 5.32 Å². The molecule has 144 valence electrons. The first-order valence-electron chi connectivity index (χ1n) is 9.75. The number of H-pyrrole nitrogens is 1. The second-order valence-electron chi connectivity index (χ2n) is 7.33. The van der Waals surface area contributed by atoms with Crippen molar-refractivity contribution >= 4 is 17.8 Å². The molecule has 1 aliphatic carbocycles. The quantitative estimate of drug-likeness (QED) is 0.723. The smallest absolute Gasteiger partial charge is 0.329 e. The van der Waals surface area contributed by atoms with Gasteiger partial charge in [-0.05, 0) is 25.7 Å². The van der Waals surface area contributed by atoms with Crippen molar-refractivity contribution in [3.63, 3.8) is 0 Å². The molecule has 0 saturated heterocycles. The van der Waals surface area contributed by atoms with E-state index in [1.165, 1.54) is 6.42 Å². The molecule has 3 rings (SSSR count). The van der Waals surface area contributed by atoms with Crippen LogP contribution in [0.5, 0.6) is 0 Å². The SMILES string of the molecule is CCC(CC)C(=O)Nc1n[nH]c2c1CN(N(C(N)=O)C1CCCCC1)C2. The summed E-state index contributed by atoms with van der Waals surface area (Å²) in [6.07, 6.45) is 7.07. The van der Waals surface area contributed by atoms with E-state index in [9.17, 15) is 9.59 Å². The summed E-state index contributed by atoms with van der Waals surface area (Å²) in [4.78, 5) is 24.5. The Balaban J connectivity index is 1.71. The van der Waals surface area contributed by atoms with Gasteiger partial charge in [-0.2, -0.15) is 5.10 Å². The van der Waals surface area contributed by atoms with E-state index in [1.54, 1.807) is 5.01 Å². The largest absolute Gasteiger partial charge is 0.350 e. The molecule has 8 heteroatoms. The summed E-state index contributed by atoms with van der Waals surface area (Å²) in [7, 11) is 0. The maximum Gasteiger partial charge on any atom is 0.329 e. The van der Waals surface area contributed by atoms with Crippen LogP contribution >= 0.6 is 0 Å². The molecule has 0 radical (unpaired) electrons. The van der Waals surface area contributed by atoms with Gasteiger partial charge in [-0.1, -0.05) is 33.1 Å². The van der Waals surface area contributed by atoms with Crippen LogP contribution in [-0.2, 0) is 17.9 Å². The average molecular weight is 362 g/mol. The van der Waals surface area contributed by atoms with Crippen LogP contribution in [0, 0.1) is 5.92 Å². The third kappa shape index (κ3) is 3.70. The fourth-order valence-electron chi connectivity index (χ4n) is 4.13. The van der Waals surface area contributed by atoms with Crippen molar-refractivity contribution in [3.8, 4) is 0 Å². The number of carbonyl (C=O) groups is 2. The lowest BCUT2D eigenvalue weighted by atomic mass is 9.95. The molecule has 1 aliphatic heterocycles. The minimum atomic E-state index is -0.405. The van der Waals surface area contributed by atoms with Gasteiger partial charge < -0.3 is 11.1 Å². The number of aromatic amines is 1. The summed E-state index contributed by atoms with van der Waals surface area (Å²) in [5.74, 6) is 0.568. The van der Waals surface area contributed by atoms with Crippen molar-refractivity contribution in [3.05, 3.63) is 11.3 Å². The predicted octanol–water partition coefficient (Wildman–Crippen LogP) is 2.73. The average Bonchev–Trinajstić information content (AvgIpc) is 3.19. The van der Waals surface area contributed by atoms with Gasteiger partial charge in [0, 0.05) is 18.0 Å². The molecule has 4 N–H and O–H groups in total. The highest BCUT2D eigenvalue weighted by atomic mass is 16.2. The highest BCUT2D eigenvalue weighted by Crippen LogP contribution is 2.32. The number of nitrogens with zero attached hydrogens (tertiary/aromatic N) is 3. The van der Waals surface area contributed by atoms with Crippen molar-refractivity contribution in [2.24, 2.45) is 11.7 Å². The van der Waals surface area contributed by atoms with E-state index in [-0.39, 0.29) is 17.9 Å². The van der Waals surface area contributed by atoms with Crippen molar-refractivity contribution in [1.29, 1.82) is 0 Å². The van der Waals surface area contributed by atoms with Crippen molar-refractivity contribution in [2.45, 2.75) is 77.9 Å². The van der Waals surface area contributed by atoms with Gasteiger partial charge in [0.2, 0.25) is 5.91 Å². The van der Waals surface area contributed by atoms with E-state index in [2.05, 4.69) is 15.5 Å². The molecule has 2 aliphatic rings. The molecular weight excluding hydrogens is 332 g/mol. The number of carbonyl (C=O) groups excluding carboxylic acids is 2. The van der Waals surface area contributed by atoms with Crippen molar-refractivity contribution < 1.29 is 9.59 Å². The highest BCUT2D eigenvalue weighted by Gasteiger charge is 2.35. The standard InChI is InChI=1S/C18H30N6O2/c1-3-12(4-2)17(25)20-16-14-10-23(11-15(14)21-22-16)24(18(19)26)13-8-6-5-7-9-13/h12-13H,3-11H2,1-2H3,(H2,19,26)(H2,20,21,22,25). The Morgan fingerprint density at radius 2 is 1.96 bits per heavy atom. The van der Waals surface area contributed by atoms with Crippen molar-refractivity contribution in [1.82, 2.24) is 20.2 Å². The van der Waals surface area contributed by atoms with Gasteiger partial charge in [-0.25, -0.2) is 9.80 Å². The first-order valence-corrected chi connectivity index (χ1v) is 9.75. The molecule has 1 aromatic rings. The van der Waals surface area contributed by atoms with E-state index in [0.29, 0.717) is 18.9 Å². The highest BCUT2D eigenvalue weighted by molar-refractivity contribution is 5.92. The Labute approximate surface area is 154 Å². The molecule has 26 heavy (non-hydrogen) atoms. The minimum absolute atomic E-state index is 0.00166. The molecule has 0 atom stereocenters. The molecule has 0 spiro atoms. The number of aromatic nitrogens is 2. The molecule has 2 heterocycles. The molecule has 0 bridgehead atoms. The molecule has 0 aromatic carbocycles. The summed E-state index contributed by atoms with van der Waals surface area (Å²) in [6, 6.07) is -0.238. The van der Waals surface area contributed by atoms with Gasteiger partial charge in [0.05, 0.1) is 18.3 Å². The summed E-state index contributed by atoms with van der Waals surface area (Å²) in [6.45, 7) is 5.12. The first kappa shape index (κ1) is 18.7. The topological polar surface area (TPSA) is 107 Å². The summed E-state index contributed by atoms with van der Waals surface area (Å²) in [5, 5.41) is 13.9. The number of primary amides is 1. The van der Waals surface area contributed by atoms with E-state index >= 15 is 0 Å². The predicted molar refractivity (Wildman–Crippen MR) is 98.8 cm³/mol. The lowest BCUT2D eigenvalue weighted by molar-refractivity contribution is -0.120. The van der Waals surface area contributed by atoms with E-state index < -0.39 is 6.03 Å². The summed E-state index contributed by atoms with van der Waals surface area (Å²) in [5.41, 5.74) is 7.58. The maximum atomic E-state index is 12.4. The number of hydrogen-bond acceptors (Lipinski definition) is 4. The number of fused-ring (bicyclic) bond motifs is 1. The van der Waals surface area contributed by atoms with Crippen LogP contribution < -0.4 is 11.1 Å².